The average Bonchev–Trinajstić information content (AvgIpc) is 2.32. The van der Waals surface area contributed by atoms with Crippen molar-refractivity contribution >= 4 is 5.78 Å². The predicted molar refractivity (Wildman–Crippen MR) is 61.4 cm³/mol. The normalized spacial score (nSPS) is 9.94. The number of carbonyl (C=O) groups excluding carboxylic acids is 1. The summed E-state index contributed by atoms with van der Waals surface area (Å²) < 4.78 is 5.47. The predicted octanol–water partition coefficient (Wildman–Crippen LogP) is 1.76. The maximum Gasteiger partial charge on any atom is 0.345 e. The van der Waals surface area contributed by atoms with Gasteiger partial charge in [-0.15, -0.1) is 0 Å². The van der Waals surface area contributed by atoms with E-state index in [-0.39, 0.29) is 5.78 Å². The molecule has 5 nitrogen and oxygen atoms in total. The molecule has 2 rings (SSSR count). The third kappa shape index (κ3) is 2.57. The summed E-state index contributed by atoms with van der Waals surface area (Å²) in [6.45, 7) is 1.47. The van der Waals surface area contributed by atoms with E-state index in [4.69, 9.17) is 4.74 Å². The molecule has 5 heteroatoms. The number of ether oxygens (including phenoxy) is 1. The molecule has 0 aliphatic rings. The number of hydrogen-bond acceptors (Lipinski definition) is 4. The van der Waals surface area contributed by atoms with Crippen molar-refractivity contribution in [3.05, 3.63) is 52.7 Å². The van der Waals surface area contributed by atoms with Gasteiger partial charge in [-0.3, -0.25) is 4.79 Å². The number of aromatic amines is 1. The molecule has 0 bridgehead atoms. The Bertz CT molecular complexity index is 584. The van der Waals surface area contributed by atoms with E-state index in [0.29, 0.717) is 17.1 Å². The van der Waals surface area contributed by atoms with Crippen LogP contribution in [-0.4, -0.2) is 15.8 Å². The number of benzene rings is 1. The van der Waals surface area contributed by atoms with E-state index in [1.165, 1.54) is 19.3 Å². The summed E-state index contributed by atoms with van der Waals surface area (Å²) in [5.74, 6) is 0.727. The lowest BCUT2D eigenvalue weighted by molar-refractivity contribution is 0.101. The van der Waals surface area contributed by atoms with Gasteiger partial charge in [-0.2, -0.15) is 4.98 Å². The molecule has 0 radical (unpaired) electrons. The number of nitrogens with one attached hydrogen (secondary N) is 1. The van der Waals surface area contributed by atoms with Crippen molar-refractivity contribution in [3.8, 4) is 11.5 Å². The van der Waals surface area contributed by atoms with E-state index >= 15 is 0 Å². The van der Waals surface area contributed by atoms with Gasteiger partial charge in [-0.25, -0.2) is 4.79 Å². The highest BCUT2D eigenvalue weighted by atomic mass is 16.5. The first-order chi connectivity index (χ1) is 8.16. The fourth-order valence-corrected chi connectivity index (χ4v) is 1.36. The maximum absolute atomic E-state index is 11.4. The first-order valence-corrected chi connectivity index (χ1v) is 4.99. The summed E-state index contributed by atoms with van der Waals surface area (Å²) in [4.78, 5) is 28.1. The molecule has 0 atom stereocenters. The molecule has 17 heavy (non-hydrogen) atoms. The number of hydrogen-bond donors (Lipinski definition) is 1. The zero-order valence-corrected chi connectivity index (χ0v) is 9.14. The van der Waals surface area contributed by atoms with Gasteiger partial charge < -0.3 is 9.72 Å². The van der Waals surface area contributed by atoms with Gasteiger partial charge in [0.25, 0.3) is 0 Å². The SMILES string of the molecule is CC(=O)c1ccccc1Oc1cnc(=O)[nH]c1. The molecule has 0 aliphatic heterocycles. The first kappa shape index (κ1) is 11.1. The van der Waals surface area contributed by atoms with Crippen LogP contribution in [-0.2, 0) is 0 Å². The third-order valence-electron chi connectivity index (χ3n) is 2.14. The molecule has 1 N–H and O–H groups in total. The molecule has 86 valence electrons. The van der Waals surface area contributed by atoms with E-state index in [9.17, 15) is 9.59 Å². The molecule has 1 heterocycles. The summed E-state index contributed by atoms with van der Waals surface area (Å²) in [7, 11) is 0. The smallest absolute Gasteiger partial charge is 0.345 e. The molecule has 0 aliphatic carbocycles. The number of nitrogens with zero attached hydrogens (tertiary/aromatic N) is 1. The lowest BCUT2D eigenvalue weighted by atomic mass is 10.1. The summed E-state index contributed by atoms with van der Waals surface area (Å²) >= 11 is 0. The Kier molecular flexibility index (Phi) is 3.00. The fourth-order valence-electron chi connectivity index (χ4n) is 1.36. The van der Waals surface area contributed by atoms with Crippen LogP contribution < -0.4 is 10.4 Å². The lowest BCUT2D eigenvalue weighted by Gasteiger charge is -2.07. The van der Waals surface area contributed by atoms with Crippen LogP contribution in [0.1, 0.15) is 17.3 Å². The highest BCUT2D eigenvalue weighted by Gasteiger charge is 2.08. The van der Waals surface area contributed by atoms with Gasteiger partial charge in [0.2, 0.25) is 0 Å². The Morgan fingerprint density at radius 1 is 1.35 bits per heavy atom. The molecule has 2 aromatic rings. The quantitative estimate of drug-likeness (QED) is 0.815. The standard InChI is InChI=1S/C12H10N2O3/c1-8(15)10-4-2-3-5-11(10)17-9-6-13-12(16)14-7-9/h2-7H,1H3,(H,13,14,16). The molecule has 0 spiro atoms. The van der Waals surface area contributed by atoms with Crippen LogP contribution in [0.5, 0.6) is 11.5 Å². The van der Waals surface area contributed by atoms with Crippen LogP contribution in [0, 0.1) is 0 Å². The number of para-hydroxylation sites is 1. The van der Waals surface area contributed by atoms with Crippen molar-refractivity contribution in [1.82, 2.24) is 9.97 Å². The Morgan fingerprint density at radius 2 is 2.12 bits per heavy atom. The van der Waals surface area contributed by atoms with E-state index in [1.807, 2.05) is 0 Å². The van der Waals surface area contributed by atoms with Gasteiger partial charge in [0.1, 0.15) is 5.75 Å². The van der Waals surface area contributed by atoms with Crippen LogP contribution in [0.15, 0.2) is 41.5 Å². The number of carbonyl (C=O) groups is 1. The summed E-state index contributed by atoms with van der Waals surface area (Å²) in [5, 5.41) is 0. The van der Waals surface area contributed by atoms with Crippen LogP contribution >= 0.6 is 0 Å². The number of H-pyrrole nitrogens is 1. The van der Waals surface area contributed by atoms with Crippen molar-refractivity contribution in [2.75, 3.05) is 0 Å². The minimum Gasteiger partial charge on any atom is -0.453 e. The minimum absolute atomic E-state index is 0.0852. The van der Waals surface area contributed by atoms with Crippen LogP contribution in [0.2, 0.25) is 0 Å². The van der Waals surface area contributed by atoms with Crippen molar-refractivity contribution in [2.24, 2.45) is 0 Å². The Labute approximate surface area is 97.1 Å². The second-order valence-corrected chi connectivity index (χ2v) is 3.41. The average molecular weight is 230 g/mol. The molecule has 0 fully saturated rings. The second-order valence-electron chi connectivity index (χ2n) is 3.41. The molecule has 0 saturated carbocycles. The van der Waals surface area contributed by atoms with E-state index < -0.39 is 5.69 Å². The van der Waals surface area contributed by atoms with Crippen molar-refractivity contribution in [1.29, 1.82) is 0 Å². The topological polar surface area (TPSA) is 72.0 Å². The molecule has 0 saturated heterocycles. The Hall–Kier alpha value is -2.43. The summed E-state index contributed by atoms with van der Waals surface area (Å²) in [5.41, 5.74) is 0.0379. The second kappa shape index (κ2) is 4.61. The Morgan fingerprint density at radius 3 is 2.76 bits per heavy atom. The summed E-state index contributed by atoms with van der Waals surface area (Å²) in [6.07, 6.45) is 2.70. The zero-order chi connectivity index (χ0) is 12.3. The summed E-state index contributed by atoms with van der Waals surface area (Å²) in [6, 6.07) is 6.88. The van der Waals surface area contributed by atoms with Gasteiger partial charge in [-0.05, 0) is 19.1 Å². The fraction of sp³-hybridized carbons (Fsp3) is 0.0833. The van der Waals surface area contributed by atoms with E-state index in [1.54, 1.807) is 24.3 Å². The molecular weight excluding hydrogens is 220 g/mol. The third-order valence-corrected chi connectivity index (χ3v) is 2.14. The number of aromatic nitrogens is 2. The van der Waals surface area contributed by atoms with E-state index in [0.717, 1.165) is 0 Å². The van der Waals surface area contributed by atoms with Crippen molar-refractivity contribution < 1.29 is 9.53 Å². The number of Topliss-reactive ketones (excluding diaryl/α,β-unsaturated/α-hetero) is 1. The largest absolute Gasteiger partial charge is 0.453 e. The molecule has 0 amide bonds. The van der Waals surface area contributed by atoms with Crippen LogP contribution in [0.4, 0.5) is 0 Å². The molecule has 0 unspecified atom stereocenters. The van der Waals surface area contributed by atoms with Crippen molar-refractivity contribution in [2.45, 2.75) is 6.92 Å². The number of ketones is 1. The Balaban J connectivity index is 2.33. The minimum atomic E-state index is -0.447. The van der Waals surface area contributed by atoms with Gasteiger partial charge in [0, 0.05) is 0 Å². The van der Waals surface area contributed by atoms with Gasteiger partial charge in [0.05, 0.1) is 18.0 Å². The maximum atomic E-state index is 11.4. The van der Waals surface area contributed by atoms with E-state index in [2.05, 4.69) is 9.97 Å². The highest BCUT2D eigenvalue weighted by Crippen LogP contribution is 2.23. The van der Waals surface area contributed by atoms with Gasteiger partial charge in [0.15, 0.2) is 11.5 Å². The first-order valence-electron chi connectivity index (χ1n) is 4.99. The van der Waals surface area contributed by atoms with Crippen LogP contribution in [0.3, 0.4) is 0 Å². The number of rotatable bonds is 3. The lowest BCUT2D eigenvalue weighted by Crippen LogP contribution is -2.08. The van der Waals surface area contributed by atoms with Gasteiger partial charge in [-0.1, -0.05) is 12.1 Å². The molecule has 1 aromatic carbocycles. The highest BCUT2D eigenvalue weighted by molar-refractivity contribution is 5.96. The van der Waals surface area contributed by atoms with Gasteiger partial charge >= 0.3 is 5.69 Å². The zero-order valence-electron chi connectivity index (χ0n) is 9.14. The molecule has 1 aromatic heterocycles. The van der Waals surface area contributed by atoms with Crippen molar-refractivity contribution in [3.63, 3.8) is 0 Å². The monoisotopic (exact) mass is 230 g/mol. The molecular formula is C12H10N2O3. The van der Waals surface area contributed by atoms with Crippen LogP contribution in [0.25, 0.3) is 0 Å².